The zero-order valence-electron chi connectivity index (χ0n) is 11.1. The Morgan fingerprint density at radius 3 is 2.65 bits per heavy atom. The summed E-state index contributed by atoms with van der Waals surface area (Å²) in [5.41, 5.74) is 0. The van der Waals surface area contributed by atoms with Crippen LogP contribution in [0.5, 0.6) is 0 Å². The number of carbonyl (C=O) groups excluding carboxylic acids is 1. The third-order valence-electron chi connectivity index (χ3n) is 3.65. The summed E-state index contributed by atoms with van der Waals surface area (Å²) < 4.78 is 5.72. The zero-order valence-corrected chi connectivity index (χ0v) is 11.1. The zero-order chi connectivity index (χ0) is 13.0. The van der Waals surface area contributed by atoms with Crippen LogP contribution in [-0.2, 0) is 9.53 Å². The van der Waals surface area contributed by atoms with E-state index in [0.717, 1.165) is 6.42 Å². The predicted octanol–water partition coefficient (Wildman–Crippen LogP) is 0.0900. The van der Waals surface area contributed by atoms with Gasteiger partial charge in [0.25, 0.3) is 0 Å². The summed E-state index contributed by atoms with van der Waals surface area (Å²) in [6.45, 7) is 6.15. The fourth-order valence-electron chi connectivity index (χ4n) is 2.42. The van der Waals surface area contributed by atoms with Gasteiger partial charge in [0.2, 0.25) is 5.91 Å². The Bertz CT molecular complexity index is 260. The number of ether oxygens (including phenoxy) is 1. The van der Waals surface area contributed by atoms with E-state index in [9.17, 15) is 9.90 Å². The summed E-state index contributed by atoms with van der Waals surface area (Å²) in [6.07, 6.45) is 0.0262. The lowest BCUT2D eigenvalue weighted by Gasteiger charge is -2.31. The van der Waals surface area contributed by atoms with Crippen LogP contribution < -0.4 is 10.6 Å². The van der Waals surface area contributed by atoms with Crippen molar-refractivity contribution < 1.29 is 14.6 Å². The van der Waals surface area contributed by atoms with Crippen molar-refractivity contribution in [2.45, 2.75) is 45.6 Å². The highest BCUT2D eigenvalue weighted by Gasteiger charge is 2.38. The number of nitrogens with one attached hydrogen (secondary N) is 2. The molecule has 3 N–H and O–H groups in total. The Labute approximate surface area is 103 Å². The molecule has 0 saturated carbocycles. The molecule has 17 heavy (non-hydrogen) atoms. The van der Waals surface area contributed by atoms with Gasteiger partial charge in [-0.25, -0.2) is 0 Å². The standard InChI is InChI=1S/C12H24N2O3/c1-5-9-6-17-12(13-4)10(14-8(3)15)11(16)7(9)2/h7,9-13,16H,5-6H2,1-4H3,(H,14,15). The van der Waals surface area contributed by atoms with E-state index >= 15 is 0 Å². The molecule has 0 bridgehead atoms. The second kappa shape index (κ2) is 6.33. The maximum atomic E-state index is 11.2. The third-order valence-corrected chi connectivity index (χ3v) is 3.65. The molecule has 0 aliphatic carbocycles. The number of hydrogen-bond donors (Lipinski definition) is 3. The van der Waals surface area contributed by atoms with E-state index in [1.165, 1.54) is 6.92 Å². The molecular formula is C12H24N2O3. The summed E-state index contributed by atoms with van der Waals surface area (Å²) in [5, 5.41) is 16.1. The maximum Gasteiger partial charge on any atom is 0.217 e. The molecule has 5 nitrogen and oxygen atoms in total. The minimum absolute atomic E-state index is 0.107. The number of rotatable bonds is 3. The quantitative estimate of drug-likeness (QED) is 0.658. The predicted molar refractivity (Wildman–Crippen MR) is 65.4 cm³/mol. The maximum absolute atomic E-state index is 11.2. The van der Waals surface area contributed by atoms with Crippen LogP contribution in [-0.4, -0.2) is 43.0 Å². The van der Waals surface area contributed by atoms with Gasteiger partial charge in [-0.05, 0) is 18.9 Å². The van der Waals surface area contributed by atoms with Crippen LogP contribution in [0.1, 0.15) is 27.2 Å². The highest BCUT2D eigenvalue weighted by Crippen LogP contribution is 2.26. The first-order chi connectivity index (χ1) is 8.01. The molecule has 1 fully saturated rings. The Kier molecular flexibility index (Phi) is 5.36. The molecule has 0 radical (unpaired) electrons. The van der Waals surface area contributed by atoms with Crippen molar-refractivity contribution in [3.8, 4) is 0 Å². The minimum Gasteiger partial charge on any atom is -0.391 e. The van der Waals surface area contributed by atoms with Crippen LogP contribution in [0, 0.1) is 11.8 Å². The Hall–Kier alpha value is -0.650. The largest absolute Gasteiger partial charge is 0.391 e. The van der Waals surface area contributed by atoms with Crippen LogP contribution in [0.3, 0.4) is 0 Å². The topological polar surface area (TPSA) is 70.6 Å². The summed E-state index contributed by atoms with van der Waals surface area (Å²) in [6, 6.07) is -0.399. The van der Waals surface area contributed by atoms with Crippen LogP contribution in [0.15, 0.2) is 0 Å². The van der Waals surface area contributed by atoms with E-state index in [1.807, 2.05) is 6.92 Å². The van der Waals surface area contributed by atoms with Crippen molar-refractivity contribution in [3.05, 3.63) is 0 Å². The molecule has 0 spiro atoms. The Morgan fingerprint density at radius 2 is 2.18 bits per heavy atom. The lowest BCUT2D eigenvalue weighted by molar-refractivity contribution is -0.122. The smallest absolute Gasteiger partial charge is 0.217 e. The molecule has 1 amide bonds. The van der Waals surface area contributed by atoms with E-state index in [1.54, 1.807) is 7.05 Å². The molecule has 1 saturated heterocycles. The molecule has 5 atom stereocenters. The number of amides is 1. The van der Waals surface area contributed by atoms with Crippen molar-refractivity contribution in [1.82, 2.24) is 10.6 Å². The highest BCUT2D eigenvalue weighted by atomic mass is 16.5. The van der Waals surface area contributed by atoms with Crippen molar-refractivity contribution in [2.24, 2.45) is 11.8 Å². The van der Waals surface area contributed by atoms with E-state index < -0.39 is 12.1 Å². The van der Waals surface area contributed by atoms with E-state index in [4.69, 9.17) is 4.74 Å². The van der Waals surface area contributed by atoms with Crippen LogP contribution in [0.4, 0.5) is 0 Å². The van der Waals surface area contributed by atoms with Gasteiger partial charge in [-0.2, -0.15) is 0 Å². The molecule has 1 aliphatic heterocycles. The van der Waals surface area contributed by atoms with Gasteiger partial charge in [0.1, 0.15) is 6.23 Å². The Balaban J connectivity index is 2.85. The number of carbonyl (C=O) groups is 1. The molecule has 0 aromatic carbocycles. The average molecular weight is 244 g/mol. The van der Waals surface area contributed by atoms with Crippen LogP contribution in [0.25, 0.3) is 0 Å². The third kappa shape index (κ3) is 3.40. The summed E-state index contributed by atoms with van der Waals surface area (Å²) >= 11 is 0. The number of aliphatic hydroxyl groups is 1. The van der Waals surface area contributed by atoms with Gasteiger partial charge in [-0.15, -0.1) is 0 Å². The molecule has 0 aromatic rings. The molecule has 100 valence electrons. The molecular weight excluding hydrogens is 220 g/mol. The van der Waals surface area contributed by atoms with E-state index in [-0.39, 0.29) is 18.1 Å². The first-order valence-corrected chi connectivity index (χ1v) is 6.25. The number of aliphatic hydroxyl groups excluding tert-OH is 1. The number of likely N-dealkylation sites (N-methyl/N-ethyl adjacent to an activating group) is 1. The summed E-state index contributed by atoms with van der Waals surface area (Å²) in [7, 11) is 1.77. The van der Waals surface area contributed by atoms with Crippen LogP contribution >= 0.6 is 0 Å². The van der Waals surface area contributed by atoms with Crippen molar-refractivity contribution in [2.75, 3.05) is 13.7 Å². The van der Waals surface area contributed by atoms with E-state index in [0.29, 0.717) is 12.5 Å². The van der Waals surface area contributed by atoms with E-state index in [2.05, 4.69) is 17.6 Å². The fourth-order valence-corrected chi connectivity index (χ4v) is 2.42. The average Bonchev–Trinajstić information content (AvgIpc) is 2.40. The number of hydrogen-bond acceptors (Lipinski definition) is 4. The summed E-state index contributed by atoms with van der Waals surface area (Å²) in [4.78, 5) is 11.2. The monoisotopic (exact) mass is 244 g/mol. The van der Waals surface area contributed by atoms with Gasteiger partial charge in [-0.1, -0.05) is 20.3 Å². The lowest BCUT2D eigenvalue weighted by atomic mass is 9.85. The summed E-state index contributed by atoms with van der Waals surface area (Å²) in [5.74, 6) is 0.273. The molecule has 5 unspecified atom stereocenters. The second-order valence-electron chi connectivity index (χ2n) is 4.79. The van der Waals surface area contributed by atoms with Crippen molar-refractivity contribution in [3.63, 3.8) is 0 Å². The molecule has 0 aromatic heterocycles. The highest BCUT2D eigenvalue weighted by molar-refractivity contribution is 5.73. The Morgan fingerprint density at radius 1 is 1.53 bits per heavy atom. The first kappa shape index (κ1) is 14.4. The van der Waals surface area contributed by atoms with Gasteiger partial charge in [0.15, 0.2) is 0 Å². The molecule has 1 rings (SSSR count). The SMILES string of the molecule is CCC1COC(NC)C(NC(C)=O)C(O)C1C. The van der Waals surface area contributed by atoms with Gasteiger partial charge in [-0.3, -0.25) is 10.1 Å². The fraction of sp³-hybridized carbons (Fsp3) is 0.917. The second-order valence-corrected chi connectivity index (χ2v) is 4.79. The van der Waals surface area contributed by atoms with Gasteiger partial charge in [0, 0.05) is 6.92 Å². The normalized spacial score (nSPS) is 38.5. The molecule has 1 heterocycles. The minimum atomic E-state index is -0.594. The van der Waals surface area contributed by atoms with Crippen molar-refractivity contribution in [1.29, 1.82) is 0 Å². The van der Waals surface area contributed by atoms with Gasteiger partial charge < -0.3 is 15.2 Å². The molecule has 1 aliphatic rings. The van der Waals surface area contributed by atoms with Crippen LogP contribution in [0.2, 0.25) is 0 Å². The van der Waals surface area contributed by atoms with Gasteiger partial charge >= 0.3 is 0 Å². The van der Waals surface area contributed by atoms with Crippen molar-refractivity contribution >= 4 is 5.91 Å². The first-order valence-electron chi connectivity index (χ1n) is 6.25. The van der Waals surface area contributed by atoms with Gasteiger partial charge in [0.05, 0.1) is 18.8 Å². The molecule has 5 heteroatoms. The lowest BCUT2D eigenvalue weighted by Crippen LogP contribution is -2.56.